The van der Waals surface area contributed by atoms with Gasteiger partial charge in [-0.3, -0.25) is 9.59 Å². The van der Waals surface area contributed by atoms with Gasteiger partial charge in [0.25, 0.3) is 0 Å². The molecule has 0 aromatic rings. The molecule has 0 saturated carbocycles. The van der Waals surface area contributed by atoms with Crippen LogP contribution in [0.15, 0.2) is 0 Å². The van der Waals surface area contributed by atoms with Gasteiger partial charge in [0.05, 0.1) is 0 Å². The van der Waals surface area contributed by atoms with Crippen LogP contribution in [0.2, 0.25) is 0 Å². The highest BCUT2D eigenvalue weighted by Crippen LogP contribution is 2.57. The average molecular weight is 529 g/mol. The Morgan fingerprint density at radius 1 is 0.622 bits per heavy atom. The average Bonchev–Trinajstić information content (AvgIpc) is 2.83. The van der Waals surface area contributed by atoms with Gasteiger partial charge in [-0.25, -0.2) is 4.79 Å². The molecule has 0 saturated heterocycles. The van der Waals surface area contributed by atoms with Crippen molar-refractivity contribution in [1.29, 1.82) is 0 Å². The predicted octanol–water partition coefficient (Wildman–Crippen LogP) is 6.96. The topological polar surface area (TPSA) is 132 Å². The Hall–Kier alpha value is -1.63. The highest BCUT2D eigenvalue weighted by molar-refractivity contribution is 5.94. The van der Waals surface area contributed by atoms with E-state index >= 15 is 0 Å². The normalized spacial score (nSPS) is 20.9. The van der Waals surface area contributed by atoms with Gasteiger partial charge in [0.2, 0.25) is 0 Å². The number of aliphatic carboxylic acids is 3. The minimum absolute atomic E-state index is 0.209. The summed E-state index contributed by atoms with van der Waals surface area (Å²) in [6, 6.07) is 0. The quantitative estimate of drug-likeness (QED) is 0.134. The summed E-state index contributed by atoms with van der Waals surface area (Å²) in [7, 11) is 0. The van der Waals surface area contributed by atoms with E-state index in [4.69, 9.17) is 0 Å². The van der Waals surface area contributed by atoms with Gasteiger partial charge < -0.3 is 20.4 Å². The summed E-state index contributed by atoms with van der Waals surface area (Å²) in [5, 5.41) is 44.5. The Kier molecular flexibility index (Phi) is 15.0. The molecule has 0 aliphatic heterocycles. The molecule has 0 aliphatic rings. The van der Waals surface area contributed by atoms with Crippen LogP contribution in [0.1, 0.15) is 120 Å². The maximum atomic E-state index is 13.5. The van der Waals surface area contributed by atoms with Gasteiger partial charge in [-0.15, -0.1) is 0 Å². The molecule has 0 radical (unpaired) electrons. The molecule has 0 rings (SSSR count). The van der Waals surface area contributed by atoms with Gasteiger partial charge in [-0.1, -0.05) is 120 Å². The van der Waals surface area contributed by atoms with Crippen LogP contribution < -0.4 is 0 Å². The number of aliphatic hydroxyl groups is 1. The van der Waals surface area contributed by atoms with Crippen molar-refractivity contribution in [3.63, 3.8) is 0 Å². The number of rotatable bonds is 20. The standard InChI is InChI=1S/C30H56O7/c1-10-13-16-19(4)22(7)25(26(31)32)30(37,28(35)36)29(27(33)34,23(8)20(5)17-14-11-2)24(9)21(6)18-15-12-3/h19-25,37H,10-18H2,1-9H3,(H,31,32)(H,33,34)(H,35,36). The number of carbonyl (C=O) groups is 3. The van der Waals surface area contributed by atoms with E-state index in [0.29, 0.717) is 19.3 Å². The van der Waals surface area contributed by atoms with Crippen molar-refractivity contribution in [3.05, 3.63) is 0 Å². The van der Waals surface area contributed by atoms with Crippen molar-refractivity contribution in [2.75, 3.05) is 0 Å². The number of hydrogen-bond acceptors (Lipinski definition) is 4. The van der Waals surface area contributed by atoms with E-state index in [0.717, 1.165) is 38.5 Å². The molecule has 0 fully saturated rings. The minimum atomic E-state index is -3.01. The Morgan fingerprint density at radius 3 is 1.24 bits per heavy atom. The predicted molar refractivity (Wildman–Crippen MR) is 147 cm³/mol. The van der Waals surface area contributed by atoms with E-state index in [2.05, 4.69) is 0 Å². The van der Waals surface area contributed by atoms with Crippen LogP contribution in [0.3, 0.4) is 0 Å². The van der Waals surface area contributed by atoms with Crippen LogP contribution in [-0.2, 0) is 14.4 Å². The molecule has 0 aliphatic carbocycles. The van der Waals surface area contributed by atoms with Gasteiger partial charge in [0, 0.05) is 0 Å². The molecule has 7 heteroatoms. The van der Waals surface area contributed by atoms with Gasteiger partial charge in [0.1, 0.15) is 11.3 Å². The van der Waals surface area contributed by atoms with Crippen LogP contribution in [0.5, 0.6) is 0 Å². The second kappa shape index (κ2) is 15.7. The van der Waals surface area contributed by atoms with Crippen molar-refractivity contribution >= 4 is 17.9 Å². The van der Waals surface area contributed by atoms with Crippen LogP contribution in [0.4, 0.5) is 0 Å². The lowest BCUT2D eigenvalue weighted by atomic mass is 9.48. The first-order chi connectivity index (χ1) is 17.1. The SMILES string of the molecule is CCCCC(C)C(C)C(C(=O)O)C(O)(C(=O)O)C(C(=O)O)(C(C)C(C)CCCC)C(C)C(C)CCCC. The zero-order chi connectivity index (χ0) is 29.1. The number of unbranched alkanes of at least 4 members (excludes halogenated alkanes) is 3. The molecule has 0 spiro atoms. The van der Waals surface area contributed by atoms with Crippen molar-refractivity contribution in [3.8, 4) is 0 Å². The van der Waals surface area contributed by atoms with E-state index in [-0.39, 0.29) is 17.8 Å². The monoisotopic (exact) mass is 528 g/mol. The summed E-state index contributed by atoms with van der Waals surface area (Å²) < 4.78 is 0. The van der Waals surface area contributed by atoms with E-state index < -0.39 is 52.6 Å². The molecule has 4 N–H and O–H groups in total. The fraction of sp³-hybridized carbons (Fsp3) is 0.900. The Balaban J connectivity index is 7.44. The van der Waals surface area contributed by atoms with E-state index in [1.54, 1.807) is 20.8 Å². The Bertz CT molecular complexity index is 701. The van der Waals surface area contributed by atoms with E-state index in [1.165, 1.54) is 0 Å². The first-order valence-electron chi connectivity index (χ1n) is 14.6. The summed E-state index contributed by atoms with van der Waals surface area (Å²) >= 11 is 0. The van der Waals surface area contributed by atoms with Crippen LogP contribution in [0.25, 0.3) is 0 Å². The zero-order valence-electron chi connectivity index (χ0n) is 24.9. The van der Waals surface area contributed by atoms with Gasteiger partial charge in [-0.2, -0.15) is 0 Å². The third-order valence-corrected chi connectivity index (χ3v) is 9.63. The summed E-state index contributed by atoms with van der Waals surface area (Å²) in [5.41, 5.74) is -5.22. The van der Waals surface area contributed by atoms with Crippen molar-refractivity contribution < 1.29 is 34.8 Å². The molecular weight excluding hydrogens is 472 g/mol. The molecule has 8 atom stereocenters. The lowest BCUT2D eigenvalue weighted by molar-refractivity contribution is -0.232. The van der Waals surface area contributed by atoms with Crippen molar-refractivity contribution in [2.24, 2.45) is 46.8 Å². The van der Waals surface area contributed by atoms with Crippen LogP contribution in [0, 0.1) is 46.8 Å². The summed E-state index contributed by atoms with van der Waals surface area (Å²) in [6.07, 6.45) is 7.19. The first kappa shape index (κ1) is 35.4. The van der Waals surface area contributed by atoms with E-state index in [1.807, 2.05) is 41.5 Å². The van der Waals surface area contributed by atoms with Crippen LogP contribution in [-0.4, -0.2) is 43.9 Å². The highest BCUT2D eigenvalue weighted by atomic mass is 16.4. The summed E-state index contributed by atoms with van der Waals surface area (Å²) in [6.45, 7) is 16.8. The Labute approximate surface area is 225 Å². The van der Waals surface area contributed by atoms with Gasteiger partial charge in [-0.05, 0) is 35.5 Å². The third kappa shape index (κ3) is 7.48. The Morgan fingerprint density at radius 2 is 0.973 bits per heavy atom. The number of hydrogen-bond donors (Lipinski definition) is 4. The minimum Gasteiger partial charge on any atom is -0.481 e. The molecule has 37 heavy (non-hydrogen) atoms. The second-order valence-electron chi connectivity index (χ2n) is 11.9. The number of carboxylic acid groups (broad SMARTS) is 3. The van der Waals surface area contributed by atoms with Gasteiger partial charge >= 0.3 is 17.9 Å². The van der Waals surface area contributed by atoms with Crippen LogP contribution >= 0.6 is 0 Å². The maximum absolute atomic E-state index is 13.5. The molecule has 0 bridgehead atoms. The van der Waals surface area contributed by atoms with Gasteiger partial charge in [0.15, 0.2) is 5.60 Å². The summed E-state index contributed by atoms with van der Waals surface area (Å²) in [5.74, 6) is -9.42. The fourth-order valence-corrected chi connectivity index (χ4v) is 6.58. The lowest BCUT2D eigenvalue weighted by Crippen LogP contribution is -2.71. The largest absolute Gasteiger partial charge is 0.481 e. The maximum Gasteiger partial charge on any atom is 0.337 e. The third-order valence-electron chi connectivity index (χ3n) is 9.63. The van der Waals surface area contributed by atoms with E-state index in [9.17, 15) is 34.8 Å². The smallest absolute Gasteiger partial charge is 0.337 e. The molecule has 0 heterocycles. The molecule has 7 nitrogen and oxygen atoms in total. The second-order valence-corrected chi connectivity index (χ2v) is 11.9. The molecule has 0 amide bonds. The lowest BCUT2D eigenvalue weighted by Gasteiger charge is -2.55. The fourth-order valence-electron chi connectivity index (χ4n) is 6.58. The summed E-state index contributed by atoms with van der Waals surface area (Å²) in [4.78, 5) is 39.5. The zero-order valence-corrected chi connectivity index (χ0v) is 24.9. The first-order valence-corrected chi connectivity index (χ1v) is 14.6. The molecule has 8 unspecified atom stereocenters. The molecular formula is C30H56O7. The molecule has 0 aromatic heterocycles. The van der Waals surface area contributed by atoms with Crippen molar-refractivity contribution in [2.45, 2.75) is 126 Å². The number of carboxylic acids is 3. The highest BCUT2D eigenvalue weighted by Gasteiger charge is 2.72. The molecule has 0 aromatic carbocycles. The molecule has 218 valence electrons. The van der Waals surface area contributed by atoms with Crippen molar-refractivity contribution in [1.82, 2.24) is 0 Å².